The average Bonchev–Trinajstić information content (AvgIpc) is 2.23. The van der Waals surface area contributed by atoms with Gasteiger partial charge in [-0.05, 0) is 37.8 Å². The highest BCUT2D eigenvalue weighted by Gasteiger charge is 2.17. The lowest BCUT2D eigenvalue weighted by molar-refractivity contribution is 0.193. The van der Waals surface area contributed by atoms with E-state index in [1.54, 1.807) is 0 Å². The summed E-state index contributed by atoms with van der Waals surface area (Å²) in [6.45, 7) is 12.0. The number of anilines is 1. The molecule has 1 rings (SSSR count). The number of hydrogen-bond donors (Lipinski definition) is 1. The Balaban J connectivity index is 2.94. The van der Waals surface area contributed by atoms with E-state index in [1.165, 1.54) is 22.4 Å². The third kappa shape index (κ3) is 3.49. The van der Waals surface area contributed by atoms with Gasteiger partial charge in [0.05, 0.1) is 0 Å². The van der Waals surface area contributed by atoms with Gasteiger partial charge < -0.3 is 10.0 Å². The fourth-order valence-corrected chi connectivity index (χ4v) is 2.70. The molecule has 0 aliphatic rings. The monoisotopic (exact) mass is 249 g/mol. The number of rotatable bonds is 5. The van der Waals surface area contributed by atoms with Crippen LogP contribution < -0.4 is 4.90 Å². The Kier molecular flexibility index (Phi) is 5.21. The summed E-state index contributed by atoms with van der Waals surface area (Å²) in [4.78, 5) is 2.28. The Morgan fingerprint density at radius 3 is 2.00 bits per heavy atom. The minimum absolute atomic E-state index is 0.256. The molecule has 1 aromatic carbocycles. The lowest BCUT2D eigenvalue weighted by Crippen LogP contribution is -2.31. The molecule has 0 bridgehead atoms. The van der Waals surface area contributed by atoms with Gasteiger partial charge in [-0.3, -0.25) is 0 Å². The van der Waals surface area contributed by atoms with Crippen LogP contribution >= 0.6 is 0 Å². The van der Waals surface area contributed by atoms with Crippen LogP contribution in [0.15, 0.2) is 12.1 Å². The minimum Gasteiger partial charge on any atom is -0.396 e. The van der Waals surface area contributed by atoms with Crippen molar-refractivity contribution in [2.75, 3.05) is 25.1 Å². The average molecular weight is 249 g/mol. The molecule has 2 heteroatoms. The van der Waals surface area contributed by atoms with E-state index < -0.39 is 0 Å². The molecule has 0 amide bonds. The molecule has 0 aromatic heterocycles. The Bertz CT molecular complexity index is 375. The van der Waals surface area contributed by atoms with E-state index in [-0.39, 0.29) is 6.61 Å². The summed E-state index contributed by atoms with van der Waals surface area (Å²) in [5.74, 6) is 0.832. The Hall–Kier alpha value is -1.02. The van der Waals surface area contributed by atoms with E-state index in [4.69, 9.17) is 0 Å². The summed E-state index contributed by atoms with van der Waals surface area (Å²) in [6.07, 6.45) is 0. The highest BCUT2D eigenvalue weighted by atomic mass is 16.3. The molecule has 2 nitrogen and oxygen atoms in total. The standard InChI is InChI=1S/C16H27NO/c1-11(2)15(10-18)9-17(6)16-13(4)7-12(3)8-14(16)5/h7-8,11,15,18H,9-10H2,1-6H3. The van der Waals surface area contributed by atoms with Crippen LogP contribution in [0.25, 0.3) is 0 Å². The zero-order valence-electron chi connectivity index (χ0n) is 12.6. The molecular weight excluding hydrogens is 222 g/mol. The molecule has 0 heterocycles. The van der Waals surface area contributed by atoms with Gasteiger partial charge in [0.2, 0.25) is 0 Å². The third-order valence-electron chi connectivity index (χ3n) is 3.70. The number of aliphatic hydroxyl groups is 1. The van der Waals surface area contributed by atoms with Crippen LogP contribution in [0.2, 0.25) is 0 Å². The molecule has 0 spiro atoms. The SMILES string of the molecule is Cc1cc(C)c(N(C)CC(CO)C(C)C)c(C)c1. The molecule has 0 fully saturated rings. The van der Waals surface area contributed by atoms with E-state index in [0.29, 0.717) is 11.8 Å². The lowest BCUT2D eigenvalue weighted by Gasteiger charge is -2.29. The molecule has 0 aliphatic carbocycles. The van der Waals surface area contributed by atoms with Gasteiger partial charge in [0.25, 0.3) is 0 Å². The largest absolute Gasteiger partial charge is 0.396 e. The molecule has 102 valence electrons. The molecular formula is C16H27NO. The molecule has 0 aliphatic heterocycles. The van der Waals surface area contributed by atoms with Crippen molar-refractivity contribution in [3.63, 3.8) is 0 Å². The van der Waals surface area contributed by atoms with Crippen molar-refractivity contribution in [1.82, 2.24) is 0 Å². The Labute approximate surface area is 112 Å². The first-order valence-corrected chi connectivity index (χ1v) is 6.76. The summed E-state index contributed by atoms with van der Waals surface area (Å²) < 4.78 is 0. The summed E-state index contributed by atoms with van der Waals surface area (Å²) in [7, 11) is 2.12. The van der Waals surface area contributed by atoms with Crippen molar-refractivity contribution in [2.24, 2.45) is 11.8 Å². The first kappa shape index (κ1) is 15.0. The zero-order valence-corrected chi connectivity index (χ0v) is 12.6. The molecule has 0 saturated carbocycles. The highest BCUT2D eigenvalue weighted by molar-refractivity contribution is 5.59. The van der Waals surface area contributed by atoms with Crippen LogP contribution in [0.1, 0.15) is 30.5 Å². The number of hydrogen-bond acceptors (Lipinski definition) is 2. The predicted molar refractivity (Wildman–Crippen MR) is 79.3 cm³/mol. The van der Waals surface area contributed by atoms with Crippen LogP contribution in [0.3, 0.4) is 0 Å². The molecule has 1 atom stereocenters. The lowest BCUT2D eigenvalue weighted by atomic mass is 9.95. The molecule has 1 N–H and O–H groups in total. The van der Waals surface area contributed by atoms with Crippen molar-refractivity contribution >= 4 is 5.69 Å². The first-order valence-electron chi connectivity index (χ1n) is 6.76. The number of aryl methyl sites for hydroxylation is 3. The maximum atomic E-state index is 9.45. The van der Waals surface area contributed by atoms with Gasteiger partial charge in [-0.25, -0.2) is 0 Å². The van der Waals surface area contributed by atoms with Crippen molar-refractivity contribution in [2.45, 2.75) is 34.6 Å². The van der Waals surface area contributed by atoms with Crippen LogP contribution in [-0.2, 0) is 0 Å². The second kappa shape index (κ2) is 6.24. The topological polar surface area (TPSA) is 23.5 Å². The van der Waals surface area contributed by atoms with Crippen molar-refractivity contribution in [1.29, 1.82) is 0 Å². The van der Waals surface area contributed by atoms with Gasteiger partial charge in [-0.1, -0.05) is 31.5 Å². The summed E-state index contributed by atoms with van der Waals surface area (Å²) in [5, 5.41) is 9.45. The normalized spacial score (nSPS) is 12.9. The first-order chi connectivity index (χ1) is 8.36. The second-order valence-corrected chi connectivity index (χ2v) is 5.81. The van der Waals surface area contributed by atoms with E-state index >= 15 is 0 Å². The predicted octanol–water partition coefficient (Wildman–Crippen LogP) is 3.31. The van der Waals surface area contributed by atoms with Gasteiger partial charge >= 0.3 is 0 Å². The molecule has 1 aromatic rings. The molecule has 1 unspecified atom stereocenters. The minimum atomic E-state index is 0.256. The fraction of sp³-hybridized carbons (Fsp3) is 0.625. The van der Waals surface area contributed by atoms with E-state index in [1.807, 2.05) is 0 Å². The third-order valence-corrected chi connectivity index (χ3v) is 3.70. The van der Waals surface area contributed by atoms with Gasteiger partial charge in [0.1, 0.15) is 0 Å². The second-order valence-electron chi connectivity index (χ2n) is 5.81. The Morgan fingerprint density at radius 1 is 1.11 bits per heavy atom. The maximum Gasteiger partial charge on any atom is 0.0478 e. The van der Waals surface area contributed by atoms with Gasteiger partial charge in [-0.2, -0.15) is 0 Å². The van der Waals surface area contributed by atoms with Gasteiger partial charge in [0, 0.05) is 31.8 Å². The van der Waals surface area contributed by atoms with E-state index in [2.05, 4.69) is 58.7 Å². The number of aliphatic hydroxyl groups excluding tert-OH is 1. The van der Waals surface area contributed by atoms with Crippen LogP contribution in [0.4, 0.5) is 5.69 Å². The molecule has 0 saturated heterocycles. The quantitative estimate of drug-likeness (QED) is 0.865. The highest BCUT2D eigenvalue weighted by Crippen LogP contribution is 2.26. The maximum absolute atomic E-state index is 9.45. The van der Waals surface area contributed by atoms with E-state index in [0.717, 1.165) is 6.54 Å². The van der Waals surface area contributed by atoms with Crippen LogP contribution in [0, 0.1) is 32.6 Å². The fourth-order valence-electron chi connectivity index (χ4n) is 2.70. The summed E-state index contributed by atoms with van der Waals surface area (Å²) >= 11 is 0. The van der Waals surface area contributed by atoms with Crippen molar-refractivity contribution < 1.29 is 5.11 Å². The smallest absolute Gasteiger partial charge is 0.0478 e. The van der Waals surface area contributed by atoms with Crippen LogP contribution in [0.5, 0.6) is 0 Å². The molecule has 0 radical (unpaired) electrons. The van der Waals surface area contributed by atoms with E-state index in [9.17, 15) is 5.11 Å². The van der Waals surface area contributed by atoms with Gasteiger partial charge in [0.15, 0.2) is 0 Å². The number of nitrogens with zero attached hydrogens (tertiary/aromatic N) is 1. The molecule has 18 heavy (non-hydrogen) atoms. The van der Waals surface area contributed by atoms with Crippen molar-refractivity contribution in [3.05, 3.63) is 28.8 Å². The Morgan fingerprint density at radius 2 is 1.61 bits per heavy atom. The summed E-state index contributed by atoms with van der Waals surface area (Å²) in [5.41, 5.74) is 5.25. The summed E-state index contributed by atoms with van der Waals surface area (Å²) in [6, 6.07) is 4.45. The van der Waals surface area contributed by atoms with Crippen LogP contribution in [-0.4, -0.2) is 25.3 Å². The zero-order chi connectivity index (χ0) is 13.9. The van der Waals surface area contributed by atoms with Gasteiger partial charge in [-0.15, -0.1) is 0 Å². The van der Waals surface area contributed by atoms with Crippen molar-refractivity contribution in [3.8, 4) is 0 Å². The number of benzene rings is 1.